The van der Waals surface area contributed by atoms with Crippen LogP contribution in [-0.4, -0.2) is 22.5 Å². The molecule has 0 fully saturated rings. The SMILES string of the molecule is CCCCCOC(=O)c1cc(N)ncc1[N+](=O)[O-]. The van der Waals surface area contributed by atoms with Gasteiger partial charge in [0.1, 0.15) is 17.6 Å². The van der Waals surface area contributed by atoms with Gasteiger partial charge in [-0.1, -0.05) is 19.8 Å². The van der Waals surface area contributed by atoms with Crippen molar-refractivity contribution in [2.75, 3.05) is 12.3 Å². The van der Waals surface area contributed by atoms with Crippen LogP contribution in [0.15, 0.2) is 12.3 Å². The zero-order chi connectivity index (χ0) is 13.5. The van der Waals surface area contributed by atoms with E-state index in [0.717, 1.165) is 31.5 Å². The number of anilines is 1. The Hall–Kier alpha value is -2.18. The van der Waals surface area contributed by atoms with Crippen LogP contribution in [-0.2, 0) is 4.74 Å². The molecule has 0 aliphatic heterocycles. The van der Waals surface area contributed by atoms with Crippen LogP contribution in [0.1, 0.15) is 36.5 Å². The van der Waals surface area contributed by atoms with Gasteiger partial charge in [-0.15, -0.1) is 0 Å². The molecule has 0 unspecified atom stereocenters. The summed E-state index contributed by atoms with van der Waals surface area (Å²) < 4.78 is 4.95. The van der Waals surface area contributed by atoms with Gasteiger partial charge in [-0.05, 0) is 6.42 Å². The molecular weight excluding hydrogens is 238 g/mol. The second-order valence-corrected chi connectivity index (χ2v) is 3.73. The molecule has 0 aliphatic rings. The van der Waals surface area contributed by atoms with Gasteiger partial charge in [-0.25, -0.2) is 9.78 Å². The summed E-state index contributed by atoms with van der Waals surface area (Å²) in [6.45, 7) is 2.27. The van der Waals surface area contributed by atoms with Crippen molar-refractivity contribution in [2.24, 2.45) is 0 Å². The number of carbonyl (C=O) groups excluding carboxylic acids is 1. The normalized spacial score (nSPS) is 10.1. The molecule has 2 N–H and O–H groups in total. The Balaban J connectivity index is 2.77. The van der Waals surface area contributed by atoms with Crippen LogP contribution in [0.5, 0.6) is 0 Å². The van der Waals surface area contributed by atoms with E-state index in [2.05, 4.69) is 4.98 Å². The highest BCUT2D eigenvalue weighted by molar-refractivity contribution is 5.94. The molecule has 1 aromatic heterocycles. The number of esters is 1. The number of nitrogens with two attached hydrogens (primary N) is 1. The Morgan fingerprint density at radius 3 is 2.89 bits per heavy atom. The number of nitrogen functional groups attached to an aromatic ring is 1. The maximum atomic E-state index is 11.7. The predicted molar refractivity (Wildman–Crippen MR) is 65.1 cm³/mol. The van der Waals surface area contributed by atoms with Crippen molar-refractivity contribution in [3.05, 3.63) is 27.9 Å². The highest BCUT2D eigenvalue weighted by Gasteiger charge is 2.22. The average molecular weight is 253 g/mol. The number of nitrogens with zero attached hydrogens (tertiary/aromatic N) is 2. The number of hydrogen-bond donors (Lipinski definition) is 1. The summed E-state index contributed by atoms with van der Waals surface area (Å²) in [5.74, 6) is -0.701. The van der Waals surface area contributed by atoms with Gasteiger partial charge in [0.05, 0.1) is 11.5 Å². The summed E-state index contributed by atoms with van der Waals surface area (Å²) in [5, 5.41) is 10.7. The van der Waals surface area contributed by atoms with E-state index < -0.39 is 16.6 Å². The highest BCUT2D eigenvalue weighted by Crippen LogP contribution is 2.20. The molecule has 0 saturated carbocycles. The Labute approximate surface area is 104 Å². The third-order valence-electron chi connectivity index (χ3n) is 2.30. The van der Waals surface area contributed by atoms with Gasteiger partial charge < -0.3 is 10.5 Å². The fraction of sp³-hybridized carbons (Fsp3) is 0.455. The molecule has 0 saturated heterocycles. The minimum absolute atomic E-state index is 0.0427. The van der Waals surface area contributed by atoms with Crippen molar-refractivity contribution in [1.82, 2.24) is 4.98 Å². The first-order valence-corrected chi connectivity index (χ1v) is 5.63. The van der Waals surface area contributed by atoms with E-state index in [0.29, 0.717) is 0 Å². The smallest absolute Gasteiger partial charge is 0.345 e. The van der Waals surface area contributed by atoms with Crippen LogP contribution in [0.2, 0.25) is 0 Å². The molecule has 98 valence electrons. The molecule has 0 amide bonds. The number of nitro groups is 1. The standard InChI is InChI=1S/C11H15N3O4/c1-2-3-4-5-18-11(15)8-6-10(12)13-7-9(8)14(16)17/h6-7H,2-5H2,1H3,(H2,12,13). The molecule has 7 nitrogen and oxygen atoms in total. The summed E-state index contributed by atoms with van der Waals surface area (Å²) in [5.41, 5.74) is 4.84. The Kier molecular flexibility index (Phi) is 5.04. The summed E-state index contributed by atoms with van der Waals surface area (Å²) in [6.07, 6.45) is 3.63. The van der Waals surface area contributed by atoms with Crippen molar-refractivity contribution in [3.8, 4) is 0 Å². The summed E-state index contributed by atoms with van der Waals surface area (Å²) in [7, 11) is 0. The fourth-order valence-corrected chi connectivity index (χ4v) is 1.37. The fourth-order valence-electron chi connectivity index (χ4n) is 1.37. The summed E-state index contributed by atoms with van der Waals surface area (Å²) in [6, 6.07) is 1.15. The van der Waals surface area contributed by atoms with E-state index in [1.807, 2.05) is 6.92 Å². The molecule has 0 bridgehead atoms. The second kappa shape index (κ2) is 6.53. The molecule has 18 heavy (non-hydrogen) atoms. The monoisotopic (exact) mass is 253 g/mol. The lowest BCUT2D eigenvalue weighted by atomic mass is 10.2. The number of rotatable bonds is 6. The van der Waals surface area contributed by atoms with Gasteiger partial charge in [-0.3, -0.25) is 10.1 Å². The van der Waals surface area contributed by atoms with Crippen molar-refractivity contribution in [2.45, 2.75) is 26.2 Å². The number of carbonyl (C=O) groups is 1. The molecule has 7 heteroatoms. The molecule has 1 rings (SSSR count). The van der Waals surface area contributed by atoms with Crippen LogP contribution in [0, 0.1) is 10.1 Å². The minimum atomic E-state index is -0.744. The Morgan fingerprint density at radius 2 is 2.28 bits per heavy atom. The first-order valence-electron chi connectivity index (χ1n) is 5.63. The van der Waals surface area contributed by atoms with Crippen molar-refractivity contribution in [3.63, 3.8) is 0 Å². The summed E-state index contributed by atoms with van der Waals surface area (Å²) >= 11 is 0. The molecule has 1 heterocycles. The number of unbranched alkanes of at least 4 members (excludes halogenated alkanes) is 2. The van der Waals surface area contributed by atoms with E-state index in [-0.39, 0.29) is 18.0 Å². The Bertz CT molecular complexity index is 448. The van der Waals surface area contributed by atoms with Gasteiger partial charge in [0.15, 0.2) is 0 Å². The minimum Gasteiger partial charge on any atom is -0.462 e. The number of pyridine rings is 1. The zero-order valence-electron chi connectivity index (χ0n) is 10.1. The van der Waals surface area contributed by atoms with E-state index >= 15 is 0 Å². The second-order valence-electron chi connectivity index (χ2n) is 3.73. The quantitative estimate of drug-likeness (QED) is 0.359. The predicted octanol–water partition coefficient (Wildman–Crippen LogP) is 1.92. The van der Waals surface area contributed by atoms with Gasteiger partial charge in [0.2, 0.25) is 0 Å². The molecule has 0 radical (unpaired) electrons. The third kappa shape index (κ3) is 3.69. The van der Waals surface area contributed by atoms with E-state index in [1.165, 1.54) is 0 Å². The molecule has 0 atom stereocenters. The molecule has 0 aliphatic carbocycles. The molecule has 0 spiro atoms. The third-order valence-corrected chi connectivity index (χ3v) is 2.30. The highest BCUT2D eigenvalue weighted by atomic mass is 16.6. The van der Waals surface area contributed by atoms with Crippen molar-refractivity contribution < 1.29 is 14.5 Å². The van der Waals surface area contributed by atoms with Gasteiger partial charge in [-0.2, -0.15) is 0 Å². The lowest BCUT2D eigenvalue weighted by Crippen LogP contribution is -2.10. The van der Waals surface area contributed by atoms with Crippen LogP contribution in [0.25, 0.3) is 0 Å². The van der Waals surface area contributed by atoms with E-state index in [1.54, 1.807) is 0 Å². The lowest BCUT2D eigenvalue weighted by Gasteiger charge is -2.05. The van der Waals surface area contributed by atoms with Gasteiger partial charge in [0.25, 0.3) is 0 Å². The van der Waals surface area contributed by atoms with Crippen LogP contribution < -0.4 is 5.73 Å². The van der Waals surface area contributed by atoms with E-state index in [9.17, 15) is 14.9 Å². The van der Waals surface area contributed by atoms with Gasteiger partial charge >= 0.3 is 11.7 Å². The molecular formula is C11H15N3O4. The van der Waals surface area contributed by atoms with E-state index in [4.69, 9.17) is 10.5 Å². The first kappa shape index (κ1) is 13.9. The number of hydrogen-bond acceptors (Lipinski definition) is 6. The van der Waals surface area contributed by atoms with Crippen LogP contribution in [0.4, 0.5) is 11.5 Å². The van der Waals surface area contributed by atoms with Crippen LogP contribution >= 0.6 is 0 Å². The van der Waals surface area contributed by atoms with Crippen LogP contribution in [0.3, 0.4) is 0 Å². The largest absolute Gasteiger partial charge is 0.462 e. The van der Waals surface area contributed by atoms with Gasteiger partial charge in [0, 0.05) is 6.07 Å². The first-order chi connectivity index (χ1) is 8.56. The van der Waals surface area contributed by atoms with Crippen molar-refractivity contribution >= 4 is 17.5 Å². The zero-order valence-corrected chi connectivity index (χ0v) is 10.1. The average Bonchev–Trinajstić information content (AvgIpc) is 2.34. The van der Waals surface area contributed by atoms with Crippen molar-refractivity contribution in [1.29, 1.82) is 0 Å². The molecule has 0 aromatic carbocycles. The topological polar surface area (TPSA) is 108 Å². The maximum absolute atomic E-state index is 11.7. The lowest BCUT2D eigenvalue weighted by molar-refractivity contribution is -0.385. The Morgan fingerprint density at radius 1 is 1.56 bits per heavy atom. The maximum Gasteiger partial charge on any atom is 0.345 e. The molecule has 1 aromatic rings. The number of aromatic nitrogens is 1. The number of ether oxygens (including phenoxy) is 1. The summed E-state index contributed by atoms with van der Waals surface area (Å²) in [4.78, 5) is 25.3.